The molecule has 6 nitrogen and oxygen atoms in total. The highest BCUT2D eigenvalue weighted by Gasteiger charge is 2.17. The van der Waals surface area contributed by atoms with Gasteiger partial charge in [-0.25, -0.2) is 0 Å². The summed E-state index contributed by atoms with van der Waals surface area (Å²) in [6, 6.07) is 18.9. The van der Waals surface area contributed by atoms with E-state index in [-0.39, 0.29) is 0 Å². The molecule has 3 aromatic carbocycles. The van der Waals surface area contributed by atoms with Crippen LogP contribution in [0.25, 0.3) is 22.5 Å². The molecule has 0 aliphatic rings. The Kier molecular flexibility index (Phi) is 7.20. The van der Waals surface area contributed by atoms with Crippen LogP contribution in [0.15, 0.2) is 60.7 Å². The van der Waals surface area contributed by atoms with Crippen LogP contribution in [0.2, 0.25) is 10.0 Å². The van der Waals surface area contributed by atoms with E-state index in [2.05, 4.69) is 0 Å². The van der Waals surface area contributed by atoms with Gasteiger partial charge in [-0.2, -0.15) is 5.10 Å². The highest BCUT2D eigenvalue weighted by atomic mass is 35.5. The molecule has 0 unspecified atom stereocenters. The third kappa shape index (κ3) is 4.79. The molecule has 0 fully saturated rings. The first-order valence-corrected chi connectivity index (χ1v) is 11.2. The molecule has 8 heteroatoms. The Hall–Kier alpha value is -3.35. The quantitative estimate of drug-likeness (QED) is 0.273. The van der Waals surface area contributed by atoms with Gasteiger partial charge >= 0.3 is 0 Å². The van der Waals surface area contributed by atoms with Crippen LogP contribution in [0.1, 0.15) is 5.56 Å². The first kappa shape index (κ1) is 23.8. The lowest BCUT2D eigenvalue weighted by Gasteiger charge is -2.12. The van der Waals surface area contributed by atoms with Crippen molar-refractivity contribution in [2.45, 2.75) is 6.54 Å². The summed E-state index contributed by atoms with van der Waals surface area (Å²) in [5.41, 5.74) is 4.37. The number of ether oxygens (including phenoxy) is 4. The van der Waals surface area contributed by atoms with Crippen LogP contribution in [-0.4, -0.2) is 38.2 Å². The Balaban J connectivity index is 1.84. The maximum atomic E-state index is 6.47. The number of nitrogens with zero attached hydrogens (tertiary/aromatic N) is 2. The van der Waals surface area contributed by atoms with E-state index in [4.69, 9.17) is 47.2 Å². The molecule has 0 atom stereocenters. The van der Waals surface area contributed by atoms with Crippen molar-refractivity contribution in [1.29, 1.82) is 0 Å². The van der Waals surface area contributed by atoms with Crippen LogP contribution in [0.5, 0.6) is 23.0 Å². The molecule has 0 amide bonds. The van der Waals surface area contributed by atoms with Gasteiger partial charge in [0.25, 0.3) is 0 Å². The lowest BCUT2D eigenvalue weighted by Crippen LogP contribution is -2.05. The van der Waals surface area contributed by atoms with Crippen LogP contribution >= 0.6 is 23.2 Å². The summed E-state index contributed by atoms with van der Waals surface area (Å²) in [7, 11) is 6.44. The van der Waals surface area contributed by atoms with E-state index < -0.39 is 0 Å². The Morgan fingerprint density at radius 3 is 1.85 bits per heavy atom. The van der Waals surface area contributed by atoms with Gasteiger partial charge in [-0.15, -0.1) is 0 Å². The summed E-state index contributed by atoms with van der Waals surface area (Å²) < 4.78 is 23.7. The molecule has 176 valence electrons. The van der Waals surface area contributed by atoms with Gasteiger partial charge in [0.05, 0.1) is 46.4 Å². The standard InChI is InChI=1S/C26H24Cl2N2O4/c1-31-23-9-6-16(11-25(23)33-3)21-14-22(17-7-10-24(32-2)26(12-17)34-4)30(29-21)15-18-5-8-19(27)13-20(18)28/h5-14H,15H2,1-4H3. The van der Waals surface area contributed by atoms with E-state index in [1.807, 2.05) is 59.3 Å². The van der Waals surface area contributed by atoms with Crippen molar-refractivity contribution in [3.05, 3.63) is 76.3 Å². The van der Waals surface area contributed by atoms with Crippen molar-refractivity contribution in [3.8, 4) is 45.5 Å². The van der Waals surface area contributed by atoms with Gasteiger partial charge in [-0.05, 0) is 60.2 Å². The number of hydrogen-bond donors (Lipinski definition) is 0. The Morgan fingerprint density at radius 1 is 0.676 bits per heavy atom. The van der Waals surface area contributed by atoms with Crippen molar-refractivity contribution < 1.29 is 18.9 Å². The molecule has 1 heterocycles. The fourth-order valence-corrected chi connectivity index (χ4v) is 4.18. The maximum Gasteiger partial charge on any atom is 0.161 e. The summed E-state index contributed by atoms with van der Waals surface area (Å²) in [6.07, 6.45) is 0. The third-order valence-electron chi connectivity index (χ3n) is 5.47. The van der Waals surface area contributed by atoms with Crippen molar-refractivity contribution >= 4 is 23.2 Å². The summed E-state index contributed by atoms with van der Waals surface area (Å²) in [4.78, 5) is 0. The number of aromatic nitrogens is 2. The molecule has 4 aromatic rings. The molecule has 0 aliphatic heterocycles. The third-order valence-corrected chi connectivity index (χ3v) is 6.06. The molecule has 34 heavy (non-hydrogen) atoms. The molecule has 0 saturated carbocycles. The number of hydrogen-bond acceptors (Lipinski definition) is 5. The summed E-state index contributed by atoms with van der Waals surface area (Å²) in [5, 5.41) is 6.06. The van der Waals surface area contributed by atoms with Crippen molar-refractivity contribution in [2.24, 2.45) is 0 Å². The molecule has 0 aliphatic carbocycles. The molecule has 0 N–H and O–H groups in total. The molecular weight excluding hydrogens is 475 g/mol. The summed E-state index contributed by atoms with van der Waals surface area (Å²) in [5.74, 6) is 2.56. The molecule has 0 radical (unpaired) electrons. The largest absolute Gasteiger partial charge is 0.493 e. The van der Waals surface area contributed by atoms with Crippen LogP contribution < -0.4 is 18.9 Å². The minimum Gasteiger partial charge on any atom is -0.493 e. The minimum atomic E-state index is 0.451. The molecule has 0 bridgehead atoms. The first-order valence-electron chi connectivity index (χ1n) is 10.4. The number of rotatable bonds is 8. The molecule has 0 saturated heterocycles. The second-order valence-electron chi connectivity index (χ2n) is 7.45. The van der Waals surface area contributed by atoms with Crippen molar-refractivity contribution in [2.75, 3.05) is 28.4 Å². The minimum absolute atomic E-state index is 0.451. The van der Waals surface area contributed by atoms with Crippen LogP contribution in [0.3, 0.4) is 0 Å². The summed E-state index contributed by atoms with van der Waals surface area (Å²) in [6.45, 7) is 0.451. The second kappa shape index (κ2) is 10.3. The SMILES string of the molecule is COc1ccc(-c2cc(-c3ccc(OC)c(OC)c3)n(Cc3ccc(Cl)cc3Cl)n2)cc1OC. The van der Waals surface area contributed by atoms with E-state index in [0.29, 0.717) is 39.6 Å². The van der Waals surface area contributed by atoms with E-state index in [1.165, 1.54) is 0 Å². The van der Waals surface area contributed by atoms with Crippen LogP contribution in [-0.2, 0) is 6.54 Å². The summed E-state index contributed by atoms with van der Waals surface area (Å²) >= 11 is 12.6. The highest BCUT2D eigenvalue weighted by molar-refractivity contribution is 6.35. The molecule has 0 spiro atoms. The molecule has 1 aromatic heterocycles. The Morgan fingerprint density at radius 2 is 1.26 bits per heavy atom. The zero-order chi connectivity index (χ0) is 24.2. The van der Waals surface area contributed by atoms with E-state index in [0.717, 1.165) is 28.1 Å². The lowest BCUT2D eigenvalue weighted by atomic mass is 10.1. The maximum absolute atomic E-state index is 6.47. The Bertz CT molecular complexity index is 1320. The van der Waals surface area contributed by atoms with E-state index in [1.54, 1.807) is 34.5 Å². The van der Waals surface area contributed by atoms with Gasteiger partial charge in [0.2, 0.25) is 0 Å². The smallest absolute Gasteiger partial charge is 0.161 e. The average molecular weight is 499 g/mol. The normalized spacial score (nSPS) is 10.8. The van der Waals surface area contributed by atoms with Gasteiger partial charge in [0.1, 0.15) is 0 Å². The fraction of sp³-hybridized carbons (Fsp3) is 0.192. The van der Waals surface area contributed by atoms with Gasteiger partial charge in [-0.1, -0.05) is 29.3 Å². The lowest BCUT2D eigenvalue weighted by molar-refractivity contribution is 0.355. The average Bonchev–Trinajstić information content (AvgIpc) is 3.28. The fourth-order valence-electron chi connectivity index (χ4n) is 3.71. The zero-order valence-electron chi connectivity index (χ0n) is 19.3. The van der Waals surface area contributed by atoms with E-state index in [9.17, 15) is 0 Å². The Labute approximate surface area is 208 Å². The van der Waals surface area contributed by atoms with Gasteiger partial charge in [-0.3, -0.25) is 4.68 Å². The predicted molar refractivity (Wildman–Crippen MR) is 135 cm³/mol. The monoisotopic (exact) mass is 498 g/mol. The van der Waals surface area contributed by atoms with Gasteiger partial charge in [0.15, 0.2) is 23.0 Å². The molecule has 4 rings (SSSR count). The highest BCUT2D eigenvalue weighted by Crippen LogP contribution is 2.36. The topological polar surface area (TPSA) is 54.7 Å². The molecular formula is C26H24Cl2N2O4. The number of benzene rings is 3. The van der Waals surface area contributed by atoms with Gasteiger partial charge in [0, 0.05) is 21.2 Å². The number of halogens is 2. The second-order valence-corrected chi connectivity index (χ2v) is 8.29. The first-order chi connectivity index (χ1) is 16.5. The van der Waals surface area contributed by atoms with Crippen molar-refractivity contribution in [3.63, 3.8) is 0 Å². The van der Waals surface area contributed by atoms with Crippen molar-refractivity contribution in [1.82, 2.24) is 9.78 Å². The number of methoxy groups -OCH3 is 4. The van der Waals surface area contributed by atoms with Crippen LogP contribution in [0, 0.1) is 0 Å². The van der Waals surface area contributed by atoms with Crippen LogP contribution in [0.4, 0.5) is 0 Å². The van der Waals surface area contributed by atoms with E-state index >= 15 is 0 Å². The zero-order valence-corrected chi connectivity index (χ0v) is 20.8. The predicted octanol–water partition coefficient (Wildman–Crippen LogP) is 6.61. The van der Waals surface area contributed by atoms with Gasteiger partial charge < -0.3 is 18.9 Å².